The molecule has 31 heavy (non-hydrogen) atoms. The van der Waals surface area contributed by atoms with Gasteiger partial charge >= 0.3 is 0 Å². The maximum Gasteiger partial charge on any atom is 0.258 e. The molecule has 1 aromatic heterocycles. The van der Waals surface area contributed by atoms with Crippen molar-refractivity contribution < 1.29 is 9.59 Å². The Morgan fingerprint density at radius 1 is 1.13 bits per heavy atom. The summed E-state index contributed by atoms with van der Waals surface area (Å²) in [4.78, 5) is 47.8. The summed E-state index contributed by atoms with van der Waals surface area (Å²) < 4.78 is 0. The van der Waals surface area contributed by atoms with E-state index in [1.165, 1.54) is 0 Å². The minimum Gasteiger partial charge on any atom is -0.342 e. The van der Waals surface area contributed by atoms with Gasteiger partial charge in [-0.1, -0.05) is 19.9 Å². The summed E-state index contributed by atoms with van der Waals surface area (Å²) in [6, 6.07) is 5.61. The lowest BCUT2D eigenvalue weighted by atomic mass is 9.91. The van der Waals surface area contributed by atoms with Crippen molar-refractivity contribution >= 4 is 29.3 Å². The summed E-state index contributed by atoms with van der Waals surface area (Å²) in [5.74, 6) is -0.0160. The number of anilines is 3. The van der Waals surface area contributed by atoms with E-state index in [1.54, 1.807) is 0 Å². The van der Waals surface area contributed by atoms with E-state index in [0.29, 0.717) is 23.5 Å². The fourth-order valence-corrected chi connectivity index (χ4v) is 4.62. The summed E-state index contributed by atoms with van der Waals surface area (Å²) in [6.45, 7) is 9.89. The second-order valence-corrected chi connectivity index (χ2v) is 9.10. The molecule has 8 heteroatoms. The number of nitrogens with one attached hydrogen (secondary N) is 3. The normalized spacial score (nSPS) is 23.2. The average Bonchev–Trinajstić information content (AvgIpc) is 2.69. The fourth-order valence-electron chi connectivity index (χ4n) is 4.62. The number of piperidine rings is 1. The van der Waals surface area contributed by atoms with Crippen molar-refractivity contribution in [1.82, 2.24) is 9.97 Å². The maximum atomic E-state index is 13.0. The topological polar surface area (TPSA) is 107 Å². The molecule has 2 aliphatic rings. The zero-order valence-electron chi connectivity index (χ0n) is 18.4. The number of aromatic amines is 1. The van der Waals surface area contributed by atoms with Crippen molar-refractivity contribution in [2.75, 3.05) is 28.6 Å². The number of hydrogen-bond acceptors (Lipinski definition) is 5. The van der Waals surface area contributed by atoms with Gasteiger partial charge < -0.3 is 15.5 Å². The Morgan fingerprint density at radius 2 is 1.84 bits per heavy atom. The summed E-state index contributed by atoms with van der Waals surface area (Å²) in [5, 5.41) is 5.54. The van der Waals surface area contributed by atoms with E-state index in [1.807, 2.05) is 36.9 Å². The van der Waals surface area contributed by atoms with Crippen LogP contribution in [-0.4, -0.2) is 34.9 Å². The predicted octanol–water partition coefficient (Wildman–Crippen LogP) is 2.93. The Morgan fingerprint density at radius 3 is 2.52 bits per heavy atom. The van der Waals surface area contributed by atoms with E-state index >= 15 is 0 Å². The van der Waals surface area contributed by atoms with E-state index in [0.717, 1.165) is 30.6 Å². The van der Waals surface area contributed by atoms with Crippen molar-refractivity contribution in [1.29, 1.82) is 0 Å². The van der Waals surface area contributed by atoms with Crippen molar-refractivity contribution in [3.63, 3.8) is 0 Å². The highest BCUT2D eigenvalue weighted by Crippen LogP contribution is 2.31. The molecule has 164 valence electrons. The van der Waals surface area contributed by atoms with Gasteiger partial charge in [-0.05, 0) is 55.4 Å². The first-order chi connectivity index (χ1) is 14.7. The fraction of sp³-hybridized carbons (Fsp3) is 0.478. The number of fused-ring (bicyclic) bond motifs is 1. The number of hydrogen-bond donors (Lipinski definition) is 3. The van der Waals surface area contributed by atoms with E-state index in [4.69, 9.17) is 0 Å². The number of rotatable bonds is 3. The van der Waals surface area contributed by atoms with Crippen molar-refractivity contribution in [2.45, 2.75) is 46.5 Å². The number of amides is 2. The quantitative estimate of drug-likeness (QED) is 0.704. The van der Waals surface area contributed by atoms with Crippen LogP contribution in [0.2, 0.25) is 0 Å². The first kappa shape index (κ1) is 21.1. The summed E-state index contributed by atoms with van der Waals surface area (Å²) >= 11 is 0. The molecule has 3 atom stereocenters. The molecule has 0 spiro atoms. The highest BCUT2D eigenvalue weighted by atomic mass is 16.2. The van der Waals surface area contributed by atoms with Gasteiger partial charge in [-0.3, -0.25) is 19.4 Å². The zero-order valence-corrected chi connectivity index (χ0v) is 18.4. The molecule has 0 bridgehead atoms. The van der Waals surface area contributed by atoms with E-state index < -0.39 is 5.92 Å². The molecule has 1 saturated heterocycles. The summed E-state index contributed by atoms with van der Waals surface area (Å²) in [7, 11) is 0. The molecular weight excluding hydrogens is 394 g/mol. The molecular formula is C23H29N5O3. The van der Waals surface area contributed by atoms with Gasteiger partial charge in [-0.25, -0.2) is 0 Å². The van der Waals surface area contributed by atoms with Crippen molar-refractivity contribution in [2.24, 2.45) is 11.8 Å². The molecule has 3 N–H and O–H groups in total. The van der Waals surface area contributed by atoms with Crippen LogP contribution in [-0.2, 0) is 9.59 Å². The highest BCUT2D eigenvalue weighted by molar-refractivity contribution is 6.04. The Labute approximate surface area is 181 Å². The van der Waals surface area contributed by atoms with Gasteiger partial charge in [0.05, 0.1) is 11.5 Å². The molecule has 8 nitrogen and oxygen atoms in total. The highest BCUT2D eigenvalue weighted by Gasteiger charge is 2.35. The van der Waals surface area contributed by atoms with Crippen LogP contribution in [0.3, 0.4) is 0 Å². The Kier molecular flexibility index (Phi) is 5.56. The van der Waals surface area contributed by atoms with Crippen LogP contribution in [0.25, 0.3) is 0 Å². The van der Waals surface area contributed by atoms with Crippen molar-refractivity contribution in [3.8, 4) is 0 Å². The number of aryl methyl sites for hydroxylation is 2. The average molecular weight is 424 g/mol. The molecule has 1 aromatic carbocycles. The summed E-state index contributed by atoms with van der Waals surface area (Å²) in [5.41, 5.74) is 2.63. The number of carbonyl (C=O) groups is 2. The number of carbonyl (C=O) groups excluding carboxylic acids is 2. The van der Waals surface area contributed by atoms with Crippen LogP contribution < -0.4 is 21.1 Å². The molecule has 0 radical (unpaired) electrons. The third-order valence-electron chi connectivity index (χ3n) is 6.20. The number of H-pyrrole nitrogens is 1. The lowest BCUT2D eigenvalue weighted by Gasteiger charge is -2.35. The first-order valence-electron chi connectivity index (χ1n) is 10.8. The van der Waals surface area contributed by atoms with Gasteiger partial charge in [0.2, 0.25) is 17.8 Å². The molecule has 0 unspecified atom stereocenters. The van der Waals surface area contributed by atoms with Crippen LogP contribution in [0.15, 0.2) is 23.0 Å². The Balaban J connectivity index is 1.64. The first-order valence-corrected chi connectivity index (χ1v) is 10.8. The largest absolute Gasteiger partial charge is 0.342 e. The maximum absolute atomic E-state index is 13.0. The Bertz CT molecular complexity index is 1080. The number of nitrogens with zero attached hydrogens (tertiary/aromatic N) is 2. The molecule has 0 saturated carbocycles. The predicted molar refractivity (Wildman–Crippen MR) is 121 cm³/mol. The van der Waals surface area contributed by atoms with Gasteiger partial charge in [0, 0.05) is 25.2 Å². The number of benzene rings is 1. The molecule has 3 heterocycles. The van der Waals surface area contributed by atoms with E-state index in [2.05, 4.69) is 34.4 Å². The second-order valence-electron chi connectivity index (χ2n) is 9.10. The van der Waals surface area contributed by atoms with Crippen LogP contribution in [0, 0.1) is 25.7 Å². The van der Waals surface area contributed by atoms with Crippen LogP contribution in [0.4, 0.5) is 17.5 Å². The number of aromatic nitrogens is 2. The molecule has 2 aromatic rings. The lowest BCUT2D eigenvalue weighted by Crippen LogP contribution is -2.42. The lowest BCUT2D eigenvalue weighted by molar-refractivity contribution is -0.123. The third kappa shape index (κ3) is 4.33. The summed E-state index contributed by atoms with van der Waals surface area (Å²) in [6.07, 6.45) is 1.04. The molecule has 2 aliphatic heterocycles. The van der Waals surface area contributed by atoms with Crippen LogP contribution in [0.5, 0.6) is 0 Å². The minimum absolute atomic E-state index is 0.0917. The van der Waals surface area contributed by atoms with Crippen LogP contribution in [0.1, 0.15) is 49.3 Å². The Hall–Kier alpha value is -3.16. The second kappa shape index (κ2) is 8.17. The van der Waals surface area contributed by atoms with E-state index in [9.17, 15) is 14.4 Å². The molecule has 4 rings (SSSR count). The standard InChI is InChI=1S/C23H29N5O3/c1-12-7-13(2)11-28(10-12)23-26-20-19(22(31)27-23)17(9-18(29)25-20)21(30)24-16-6-5-14(3)15(4)8-16/h5-6,8,12-13,17H,7,9-11H2,1-4H3,(H,24,30)(H2,25,26,27,29,31)/t12-,13-,17-/m1/s1. The molecule has 0 aliphatic carbocycles. The van der Waals surface area contributed by atoms with Gasteiger partial charge in [0.25, 0.3) is 5.56 Å². The van der Waals surface area contributed by atoms with Gasteiger partial charge in [0.15, 0.2) is 0 Å². The molecule has 1 fully saturated rings. The monoisotopic (exact) mass is 423 g/mol. The van der Waals surface area contributed by atoms with Crippen molar-refractivity contribution in [3.05, 3.63) is 45.2 Å². The SMILES string of the molecule is Cc1ccc(NC(=O)[C@@H]2CC(=O)Nc3nc(N4C[C@H](C)C[C@@H](C)C4)[nH]c(=O)c32)cc1C. The van der Waals surface area contributed by atoms with Gasteiger partial charge in [0.1, 0.15) is 5.82 Å². The van der Waals surface area contributed by atoms with Crippen LogP contribution >= 0.6 is 0 Å². The minimum atomic E-state index is -0.894. The van der Waals surface area contributed by atoms with Gasteiger partial charge in [-0.15, -0.1) is 0 Å². The third-order valence-corrected chi connectivity index (χ3v) is 6.20. The zero-order chi connectivity index (χ0) is 22.3. The smallest absolute Gasteiger partial charge is 0.258 e. The molecule has 2 amide bonds. The van der Waals surface area contributed by atoms with E-state index in [-0.39, 0.29) is 35.2 Å². The van der Waals surface area contributed by atoms with Gasteiger partial charge in [-0.2, -0.15) is 4.98 Å².